The molecule has 1 N–H and O–H groups in total. The predicted molar refractivity (Wildman–Crippen MR) is 70.7 cm³/mol. The zero-order chi connectivity index (χ0) is 12.1. The first-order chi connectivity index (χ1) is 7.49. The van der Waals surface area contributed by atoms with Crippen molar-refractivity contribution >= 4 is 11.6 Å². The van der Waals surface area contributed by atoms with Gasteiger partial charge >= 0.3 is 0 Å². The molecule has 0 aromatic heterocycles. The van der Waals surface area contributed by atoms with E-state index in [1.807, 2.05) is 38.1 Å². The van der Waals surface area contributed by atoms with Gasteiger partial charge < -0.3 is 5.32 Å². The predicted octanol–water partition coefficient (Wildman–Crippen LogP) is 3.96. The minimum atomic E-state index is -0.0719. The number of allylic oxidation sites excluding steroid dienone is 1. The van der Waals surface area contributed by atoms with Gasteiger partial charge in [0.25, 0.3) is 0 Å². The third-order valence-electron chi connectivity index (χ3n) is 2.26. The van der Waals surface area contributed by atoms with E-state index < -0.39 is 0 Å². The Labute approximate surface area is 98.9 Å². The highest BCUT2D eigenvalue weighted by Gasteiger charge is 2.00. The smallest absolute Gasteiger partial charge is 0.248 e. The Kier molecular flexibility index (Phi) is 4.29. The molecule has 0 saturated carbocycles. The molecule has 2 heteroatoms. The van der Waals surface area contributed by atoms with Crippen LogP contribution in [0.5, 0.6) is 0 Å². The van der Waals surface area contributed by atoms with Gasteiger partial charge in [-0.1, -0.05) is 31.6 Å². The molecule has 1 rings (SSSR count). The minimum absolute atomic E-state index is 0. The summed E-state index contributed by atoms with van der Waals surface area (Å²) in [6.07, 6.45) is 1.59. The van der Waals surface area contributed by atoms with Crippen LogP contribution in [-0.4, -0.2) is 5.91 Å². The van der Waals surface area contributed by atoms with Gasteiger partial charge in [-0.15, -0.1) is 0 Å². The second-order valence-corrected chi connectivity index (χ2v) is 4.49. The molecular formula is C14H21NO. The molecule has 0 unspecified atom stereocenters. The highest BCUT2D eigenvalue weighted by molar-refractivity contribution is 5.99. The lowest BCUT2D eigenvalue weighted by Gasteiger charge is -2.07. The van der Waals surface area contributed by atoms with Gasteiger partial charge in [-0.05, 0) is 37.5 Å². The van der Waals surface area contributed by atoms with Crippen LogP contribution in [0.25, 0.3) is 0 Å². The van der Waals surface area contributed by atoms with Gasteiger partial charge in [-0.2, -0.15) is 0 Å². The fourth-order valence-corrected chi connectivity index (χ4v) is 1.39. The zero-order valence-corrected chi connectivity index (χ0v) is 10.4. The lowest BCUT2D eigenvalue weighted by molar-refractivity contribution is -0.111. The lowest BCUT2D eigenvalue weighted by atomic mass is 10.0. The molecular weight excluding hydrogens is 198 g/mol. The number of hydrogen-bond donors (Lipinski definition) is 1. The highest BCUT2D eigenvalue weighted by atomic mass is 16.1. The molecule has 0 aliphatic carbocycles. The fraction of sp³-hybridized carbons (Fsp3) is 0.357. The van der Waals surface area contributed by atoms with Gasteiger partial charge in [-0.25, -0.2) is 0 Å². The van der Waals surface area contributed by atoms with Crippen LogP contribution in [-0.2, 0) is 4.79 Å². The third-order valence-corrected chi connectivity index (χ3v) is 2.26. The van der Waals surface area contributed by atoms with Crippen molar-refractivity contribution in [1.29, 1.82) is 0 Å². The number of carbonyl (C=O) groups is 1. The first-order valence-corrected chi connectivity index (χ1v) is 5.55. The number of nitrogens with one attached hydrogen (secondary N) is 1. The quantitative estimate of drug-likeness (QED) is 0.766. The Hall–Kier alpha value is -1.57. The van der Waals surface area contributed by atoms with Gasteiger partial charge in [0.2, 0.25) is 5.91 Å². The number of amides is 1. The number of hydrogen-bond acceptors (Lipinski definition) is 1. The molecule has 0 fully saturated rings. The van der Waals surface area contributed by atoms with Crippen molar-refractivity contribution < 1.29 is 6.22 Å². The van der Waals surface area contributed by atoms with Crippen LogP contribution >= 0.6 is 0 Å². The number of rotatable bonds is 3. The summed E-state index contributed by atoms with van der Waals surface area (Å²) in [4.78, 5) is 11.5. The van der Waals surface area contributed by atoms with Gasteiger partial charge in [0.05, 0.1) is 0 Å². The number of benzene rings is 1. The van der Waals surface area contributed by atoms with E-state index in [0.29, 0.717) is 5.92 Å². The van der Waals surface area contributed by atoms with Crippen molar-refractivity contribution in [1.82, 2.24) is 0 Å². The first kappa shape index (κ1) is 12.5. The van der Waals surface area contributed by atoms with Crippen LogP contribution < -0.4 is 5.32 Å². The minimum Gasteiger partial charge on any atom is -0.323 e. The Bertz CT molecular complexity index is 389. The summed E-state index contributed by atoms with van der Waals surface area (Å²) in [6.45, 7) is 8.11. The van der Waals surface area contributed by atoms with E-state index in [1.54, 1.807) is 6.08 Å². The van der Waals surface area contributed by atoms with Crippen LogP contribution in [0.4, 0.5) is 5.69 Å². The van der Waals surface area contributed by atoms with Crippen molar-refractivity contribution in [3.8, 4) is 0 Å². The molecule has 0 aliphatic rings. The molecule has 1 aromatic rings. The molecule has 0 bridgehead atoms. The van der Waals surface area contributed by atoms with E-state index >= 15 is 0 Å². The SMILES string of the molecule is CC(C)=CC(=O)Nc1ccc(C(C)C)cc1.[HH]. The molecule has 0 aliphatic heterocycles. The summed E-state index contributed by atoms with van der Waals surface area (Å²) >= 11 is 0. The maximum Gasteiger partial charge on any atom is 0.248 e. The summed E-state index contributed by atoms with van der Waals surface area (Å²) < 4.78 is 0. The molecule has 88 valence electrons. The summed E-state index contributed by atoms with van der Waals surface area (Å²) in [5, 5.41) is 2.82. The summed E-state index contributed by atoms with van der Waals surface area (Å²) in [5.74, 6) is 0.444. The van der Waals surface area contributed by atoms with Gasteiger partial charge in [0.15, 0.2) is 0 Å². The van der Waals surface area contributed by atoms with E-state index in [1.165, 1.54) is 5.56 Å². The monoisotopic (exact) mass is 219 g/mol. The van der Waals surface area contributed by atoms with Crippen LogP contribution in [0.3, 0.4) is 0 Å². The normalized spacial score (nSPS) is 10.1. The molecule has 2 nitrogen and oxygen atoms in total. The Balaban J connectivity index is 0.00000256. The van der Waals surface area contributed by atoms with E-state index in [-0.39, 0.29) is 7.33 Å². The molecule has 1 aromatic carbocycles. The molecule has 16 heavy (non-hydrogen) atoms. The maximum atomic E-state index is 11.5. The summed E-state index contributed by atoms with van der Waals surface area (Å²) in [7, 11) is 0. The average molecular weight is 219 g/mol. The van der Waals surface area contributed by atoms with Crippen molar-refractivity contribution in [2.75, 3.05) is 5.32 Å². The molecule has 0 radical (unpaired) electrons. The largest absolute Gasteiger partial charge is 0.323 e. The van der Waals surface area contributed by atoms with Gasteiger partial charge in [0, 0.05) is 13.2 Å². The van der Waals surface area contributed by atoms with E-state index in [4.69, 9.17) is 0 Å². The molecule has 0 saturated heterocycles. The third kappa shape index (κ3) is 3.89. The fourth-order valence-electron chi connectivity index (χ4n) is 1.39. The van der Waals surface area contributed by atoms with E-state index in [2.05, 4.69) is 19.2 Å². The Morgan fingerprint density at radius 3 is 2.25 bits per heavy atom. The van der Waals surface area contributed by atoms with Crippen molar-refractivity contribution in [2.24, 2.45) is 0 Å². The summed E-state index contributed by atoms with van der Waals surface area (Å²) in [5.41, 5.74) is 3.11. The maximum absolute atomic E-state index is 11.5. The molecule has 0 atom stereocenters. The van der Waals surface area contributed by atoms with Crippen LogP contribution in [0.1, 0.15) is 40.6 Å². The lowest BCUT2D eigenvalue weighted by Crippen LogP contribution is -2.08. The van der Waals surface area contributed by atoms with Crippen molar-refractivity contribution in [3.05, 3.63) is 41.5 Å². The van der Waals surface area contributed by atoms with Crippen LogP contribution in [0.15, 0.2) is 35.9 Å². The van der Waals surface area contributed by atoms with Gasteiger partial charge in [0.1, 0.15) is 0 Å². The molecule has 0 heterocycles. The van der Waals surface area contributed by atoms with Crippen LogP contribution in [0, 0.1) is 0 Å². The van der Waals surface area contributed by atoms with E-state index in [0.717, 1.165) is 11.3 Å². The highest BCUT2D eigenvalue weighted by Crippen LogP contribution is 2.17. The first-order valence-electron chi connectivity index (χ1n) is 5.55. The average Bonchev–Trinajstić information content (AvgIpc) is 2.16. The molecule has 1 amide bonds. The standard InChI is InChI=1S/C14H19NO.H2/c1-10(2)9-14(16)15-13-7-5-12(6-8-13)11(3)4;/h5-9,11H,1-4H3,(H,15,16);1H. The van der Waals surface area contributed by atoms with Gasteiger partial charge in [-0.3, -0.25) is 4.79 Å². The Morgan fingerprint density at radius 1 is 1.25 bits per heavy atom. The van der Waals surface area contributed by atoms with Crippen LogP contribution in [0.2, 0.25) is 0 Å². The number of carbonyl (C=O) groups excluding carboxylic acids is 1. The Morgan fingerprint density at radius 2 is 1.81 bits per heavy atom. The topological polar surface area (TPSA) is 29.1 Å². The second-order valence-electron chi connectivity index (χ2n) is 4.49. The number of anilines is 1. The second kappa shape index (κ2) is 5.50. The molecule has 0 spiro atoms. The van der Waals surface area contributed by atoms with E-state index in [9.17, 15) is 4.79 Å². The zero-order valence-electron chi connectivity index (χ0n) is 10.4. The van der Waals surface area contributed by atoms with Crippen molar-refractivity contribution in [3.63, 3.8) is 0 Å². The summed E-state index contributed by atoms with van der Waals surface area (Å²) in [6, 6.07) is 7.96. The van der Waals surface area contributed by atoms with Crippen molar-refractivity contribution in [2.45, 2.75) is 33.6 Å².